The second kappa shape index (κ2) is 10.6. The number of halogens is 1. The fourth-order valence-corrected chi connectivity index (χ4v) is 4.21. The van der Waals surface area contributed by atoms with Crippen molar-refractivity contribution in [3.05, 3.63) is 82.8 Å². The van der Waals surface area contributed by atoms with E-state index in [-0.39, 0.29) is 18.4 Å². The van der Waals surface area contributed by atoms with Crippen LogP contribution in [0.15, 0.2) is 77.3 Å². The summed E-state index contributed by atoms with van der Waals surface area (Å²) < 4.78 is 6.50. The first-order valence-corrected chi connectivity index (χ1v) is 11.6. The van der Waals surface area contributed by atoms with Crippen molar-refractivity contribution in [2.45, 2.75) is 0 Å². The Bertz CT molecular complexity index is 1130. The predicted octanol–water partition coefficient (Wildman–Crippen LogP) is 4.52. The van der Waals surface area contributed by atoms with Crippen molar-refractivity contribution in [2.24, 2.45) is 0 Å². The van der Waals surface area contributed by atoms with Gasteiger partial charge < -0.3 is 19.9 Å². The van der Waals surface area contributed by atoms with Crippen molar-refractivity contribution in [1.29, 1.82) is 0 Å². The molecule has 0 aliphatic carbocycles. The van der Waals surface area contributed by atoms with Crippen LogP contribution < -0.4 is 10.1 Å². The minimum atomic E-state index is -0.326. The second-order valence-corrected chi connectivity index (χ2v) is 8.84. The van der Waals surface area contributed by atoms with Gasteiger partial charge in [-0.2, -0.15) is 0 Å². The average molecular weight is 508 g/mol. The highest BCUT2D eigenvalue weighted by Gasteiger charge is 2.23. The molecule has 2 amide bonds. The summed E-state index contributed by atoms with van der Waals surface area (Å²) in [5, 5.41) is 2.83. The van der Waals surface area contributed by atoms with Crippen LogP contribution in [0, 0.1) is 0 Å². The van der Waals surface area contributed by atoms with E-state index in [0.717, 1.165) is 28.7 Å². The number of para-hydroxylation sites is 1. The molecule has 170 valence electrons. The van der Waals surface area contributed by atoms with Gasteiger partial charge >= 0.3 is 0 Å². The topological polar surface area (TPSA) is 61.9 Å². The van der Waals surface area contributed by atoms with Crippen molar-refractivity contribution in [1.82, 2.24) is 9.80 Å². The standard InChI is InChI=1S/C26H26BrN3O3/c1-29-13-15-30(16-14-29)26(32)21-9-5-6-10-23(21)28-25(31)18-33-24-12-11-20(17-22(24)27)19-7-3-2-4-8-19/h2-12,17H,13-16,18H2,1H3,(H,28,31). The van der Waals surface area contributed by atoms with E-state index in [1.807, 2.05) is 60.5 Å². The van der Waals surface area contributed by atoms with Crippen molar-refractivity contribution in [3.63, 3.8) is 0 Å². The molecule has 33 heavy (non-hydrogen) atoms. The summed E-state index contributed by atoms with van der Waals surface area (Å²) >= 11 is 3.53. The van der Waals surface area contributed by atoms with Gasteiger partial charge in [-0.05, 0) is 58.4 Å². The molecule has 6 nitrogen and oxygen atoms in total. The van der Waals surface area contributed by atoms with Crippen LogP contribution in [0.25, 0.3) is 11.1 Å². The van der Waals surface area contributed by atoms with Gasteiger partial charge in [0.1, 0.15) is 5.75 Å². The van der Waals surface area contributed by atoms with Crippen LogP contribution in [-0.2, 0) is 4.79 Å². The van der Waals surface area contributed by atoms with E-state index in [4.69, 9.17) is 4.74 Å². The molecule has 0 atom stereocenters. The molecule has 4 rings (SSSR count). The number of hydrogen-bond donors (Lipinski definition) is 1. The quantitative estimate of drug-likeness (QED) is 0.532. The lowest BCUT2D eigenvalue weighted by atomic mass is 10.1. The van der Waals surface area contributed by atoms with Gasteiger partial charge in [0.05, 0.1) is 15.7 Å². The zero-order valence-electron chi connectivity index (χ0n) is 18.5. The molecule has 0 bridgehead atoms. The van der Waals surface area contributed by atoms with Gasteiger partial charge in [0, 0.05) is 26.2 Å². The summed E-state index contributed by atoms with van der Waals surface area (Å²) in [6.45, 7) is 2.86. The van der Waals surface area contributed by atoms with Crippen molar-refractivity contribution in [3.8, 4) is 16.9 Å². The Morgan fingerprint density at radius 2 is 1.61 bits per heavy atom. The summed E-state index contributed by atoms with van der Waals surface area (Å²) in [4.78, 5) is 29.6. The van der Waals surface area contributed by atoms with Crippen molar-refractivity contribution < 1.29 is 14.3 Å². The van der Waals surface area contributed by atoms with Crippen LogP contribution in [-0.4, -0.2) is 61.4 Å². The molecule has 1 N–H and O–H groups in total. The second-order valence-electron chi connectivity index (χ2n) is 7.99. The summed E-state index contributed by atoms with van der Waals surface area (Å²) in [6.07, 6.45) is 0. The number of piperazine rings is 1. The Kier molecular flexibility index (Phi) is 7.42. The lowest BCUT2D eigenvalue weighted by molar-refractivity contribution is -0.118. The Balaban J connectivity index is 1.38. The summed E-state index contributed by atoms with van der Waals surface area (Å²) in [5.41, 5.74) is 3.14. The first-order chi connectivity index (χ1) is 16.0. The SMILES string of the molecule is CN1CCN(C(=O)c2ccccc2NC(=O)COc2ccc(-c3ccccc3)cc2Br)CC1. The number of likely N-dealkylation sites (N-methyl/N-ethyl adjacent to an activating group) is 1. The number of carbonyl (C=O) groups is 2. The molecule has 0 aromatic heterocycles. The molecule has 0 saturated carbocycles. The highest BCUT2D eigenvalue weighted by atomic mass is 79.9. The maximum absolute atomic E-state index is 13.0. The molecule has 1 heterocycles. The van der Waals surface area contributed by atoms with Crippen LogP contribution >= 0.6 is 15.9 Å². The Labute approximate surface area is 202 Å². The zero-order chi connectivity index (χ0) is 23.2. The van der Waals surface area contributed by atoms with E-state index in [9.17, 15) is 9.59 Å². The van der Waals surface area contributed by atoms with E-state index in [0.29, 0.717) is 30.1 Å². The molecule has 1 fully saturated rings. The number of anilines is 1. The molecule has 3 aromatic rings. The van der Waals surface area contributed by atoms with Gasteiger partial charge in [-0.1, -0.05) is 48.5 Å². The zero-order valence-corrected chi connectivity index (χ0v) is 20.0. The molecule has 1 aliphatic rings. The molecular weight excluding hydrogens is 482 g/mol. The number of nitrogens with one attached hydrogen (secondary N) is 1. The normalized spacial score (nSPS) is 14.1. The molecule has 0 spiro atoms. The van der Waals surface area contributed by atoms with Gasteiger partial charge in [0.25, 0.3) is 11.8 Å². The first kappa shape index (κ1) is 23.0. The molecule has 3 aromatic carbocycles. The molecule has 0 unspecified atom stereocenters. The maximum atomic E-state index is 13.0. The fraction of sp³-hybridized carbons (Fsp3) is 0.231. The molecular formula is C26H26BrN3O3. The Hall–Kier alpha value is -3.16. The third kappa shape index (κ3) is 5.80. The van der Waals surface area contributed by atoms with E-state index in [2.05, 4.69) is 26.1 Å². The highest BCUT2D eigenvalue weighted by molar-refractivity contribution is 9.10. The predicted molar refractivity (Wildman–Crippen MR) is 134 cm³/mol. The number of rotatable bonds is 6. The molecule has 7 heteroatoms. The van der Waals surface area contributed by atoms with Crippen molar-refractivity contribution in [2.75, 3.05) is 45.2 Å². The highest BCUT2D eigenvalue weighted by Crippen LogP contribution is 2.30. The average Bonchev–Trinajstić information content (AvgIpc) is 2.84. The van der Waals surface area contributed by atoms with Gasteiger partial charge in [-0.25, -0.2) is 0 Å². The smallest absolute Gasteiger partial charge is 0.262 e. The monoisotopic (exact) mass is 507 g/mol. The number of hydrogen-bond acceptors (Lipinski definition) is 4. The first-order valence-electron chi connectivity index (χ1n) is 10.9. The van der Waals surface area contributed by atoms with Gasteiger partial charge in [-0.3, -0.25) is 9.59 Å². The van der Waals surface area contributed by atoms with Gasteiger partial charge in [0.15, 0.2) is 6.61 Å². The van der Waals surface area contributed by atoms with E-state index >= 15 is 0 Å². The van der Waals surface area contributed by atoms with Gasteiger partial charge in [-0.15, -0.1) is 0 Å². The fourth-order valence-electron chi connectivity index (χ4n) is 3.72. The molecule has 0 radical (unpaired) electrons. The number of benzene rings is 3. The third-order valence-corrected chi connectivity index (χ3v) is 6.24. The number of nitrogens with zero attached hydrogens (tertiary/aromatic N) is 2. The summed E-state index contributed by atoms with van der Waals surface area (Å²) in [5.74, 6) is 0.179. The Morgan fingerprint density at radius 1 is 0.909 bits per heavy atom. The number of carbonyl (C=O) groups excluding carboxylic acids is 2. The largest absolute Gasteiger partial charge is 0.483 e. The number of ether oxygens (including phenoxy) is 1. The van der Waals surface area contributed by atoms with Crippen LogP contribution in [0.4, 0.5) is 5.69 Å². The minimum absolute atomic E-state index is 0.0702. The van der Waals surface area contributed by atoms with Crippen LogP contribution in [0.3, 0.4) is 0 Å². The van der Waals surface area contributed by atoms with Crippen LogP contribution in [0.2, 0.25) is 0 Å². The van der Waals surface area contributed by atoms with Gasteiger partial charge in [0.2, 0.25) is 0 Å². The minimum Gasteiger partial charge on any atom is -0.483 e. The van der Waals surface area contributed by atoms with E-state index in [1.165, 1.54) is 0 Å². The molecule has 1 aliphatic heterocycles. The molecule has 1 saturated heterocycles. The van der Waals surface area contributed by atoms with Crippen LogP contribution in [0.1, 0.15) is 10.4 Å². The summed E-state index contributed by atoms with van der Waals surface area (Å²) in [6, 6.07) is 22.9. The number of amides is 2. The van der Waals surface area contributed by atoms with E-state index < -0.39 is 0 Å². The Morgan fingerprint density at radius 3 is 2.33 bits per heavy atom. The van der Waals surface area contributed by atoms with Crippen molar-refractivity contribution >= 4 is 33.4 Å². The lowest BCUT2D eigenvalue weighted by Crippen LogP contribution is -2.47. The third-order valence-electron chi connectivity index (χ3n) is 5.62. The lowest BCUT2D eigenvalue weighted by Gasteiger charge is -2.32. The summed E-state index contributed by atoms with van der Waals surface area (Å²) in [7, 11) is 2.05. The van der Waals surface area contributed by atoms with Crippen LogP contribution in [0.5, 0.6) is 5.75 Å². The maximum Gasteiger partial charge on any atom is 0.262 e. The van der Waals surface area contributed by atoms with E-state index in [1.54, 1.807) is 24.3 Å².